The molecule has 0 radical (unpaired) electrons. The smallest absolute Gasteiger partial charge is 0.306 e. The van der Waals surface area contributed by atoms with Crippen LogP contribution >= 0.6 is 0 Å². The van der Waals surface area contributed by atoms with Crippen LogP contribution in [0.3, 0.4) is 0 Å². The van der Waals surface area contributed by atoms with E-state index in [4.69, 9.17) is 14.2 Å². The van der Waals surface area contributed by atoms with Crippen molar-refractivity contribution in [2.75, 3.05) is 13.2 Å². The van der Waals surface area contributed by atoms with E-state index in [1.807, 2.05) is 0 Å². The fraction of sp³-hybridized carbons (Fsp3) is 0.944. The zero-order valence-corrected chi connectivity index (χ0v) is 41.1. The Labute approximate surface area is 374 Å². The van der Waals surface area contributed by atoms with Gasteiger partial charge in [-0.3, -0.25) is 14.4 Å². The molecule has 6 heteroatoms. The summed E-state index contributed by atoms with van der Waals surface area (Å²) in [6.07, 6.45) is 48.1. The Bertz CT molecular complexity index is 916. The molecule has 0 amide bonds. The minimum absolute atomic E-state index is 0.0641. The summed E-state index contributed by atoms with van der Waals surface area (Å²) >= 11 is 0. The highest BCUT2D eigenvalue weighted by Crippen LogP contribution is 2.17. The van der Waals surface area contributed by atoms with E-state index in [1.54, 1.807) is 0 Å². The van der Waals surface area contributed by atoms with Crippen molar-refractivity contribution in [3.63, 3.8) is 0 Å². The maximum atomic E-state index is 12.8. The van der Waals surface area contributed by atoms with E-state index in [1.165, 1.54) is 186 Å². The maximum absolute atomic E-state index is 12.8. The molecule has 0 aliphatic rings. The van der Waals surface area contributed by atoms with Crippen LogP contribution in [0.15, 0.2) is 0 Å². The van der Waals surface area contributed by atoms with Gasteiger partial charge in [0.05, 0.1) is 0 Å². The van der Waals surface area contributed by atoms with Crippen LogP contribution < -0.4 is 0 Å². The number of carbonyl (C=O) groups is 3. The fourth-order valence-electron chi connectivity index (χ4n) is 8.17. The van der Waals surface area contributed by atoms with Gasteiger partial charge in [-0.05, 0) is 31.1 Å². The number of hydrogen-bond donors (Lipinski definition) is 0. The Hall–Kier alpha value is -1.59. The van der Waals surface area contributed by atoms with Gasteiger partial charge >= 0.3 is 17.9 Å². The molecule has 0 saturated heterocycles. The van der Waals surface area contributed by atoms with E-state index in [9.17, 15) is 14.4 Å². The van der Waals surface area contributed by atoms with E-state index >= 15 is 0 Å². The van der Waals surface area contributed by atoms with Crippen molar-refractivity contribution in [2.24, 2.45) is 11.8 Å². The molecule has 0 fully saturated rings. The first-order chi connectivity index (χ1) is 29.2. The number of hydrogen-bond acceptors (Lipinski definition) is 6. The quantitative estimate of drug-likeness (QED) is 0.0345. The Morgan fingerprint density at radius 1 is 0.317 bits per heavy atom. The topological polar surface area (TPSA) is 78.9 Å². The summed E-state index contributed by atoms with van der Waals surface area (Å²) in [5, 5.41) is 0. The van der Waals surface area contributed by atoms with Gasteiger partial charge < -0.3 is 14.2 Å². The third-order valence-electron chi connectivity index (χ3n) is 12.2. The van der Waals surface area contributed by atoms with Crippen LogP contribution in [0.4, 0.5) is 0 Å². The van der Waals surface area contributed by atoms with Gasteiger partial charge in [-0.25, -0.2) is 0 Å². The summed E-state index contributed by atoms with van der Waals surface area (Å²) in [5.41, 5.74) is 0. The third kappa shape index (κ3) is 47.5. The highest BCUT2D eigenvalue weighted by atomic mass is 16.6. The molecule has 0 aromatic rings. The highest BCUT2D eigenvalue weighted by molar-refractivity contribution is 5.71. The molecule has 0 aromatic carbocycles. The minimum Gasteiger partial charge on any atom is -0.462 e. The lowest BCUT2D eigenvalue weighted by Crippen LogP contribution is -2.30. The lowest BCUT2D eigenvalue weighted by Gasteiger charge is -2.18. The molecule has 0 rings (SSSR count). The number of rotatable bonds is 48. The molecule has 6 nitrogen and oxygen atoms in total. The molecule has 0 saturated carbocycles. The summed E-state index contributed by atoms with van der Waals surface area (Å²) in [4.78, 5) is 38.0. The van der Waals surface area contributed by atoms with Crippen LogP contribution in [-0.4, -0.2) is 37.2 Å². The minimum atomic E-state index is -0.762. The van der Waals surface area contributed by atoms with E-state index in [0.29, 0.717) is 19.3 Å². The Morgan fingerprint density at radius 2 is 0.550 bits per heavy atom. The predicted molar refractivity (Wildman–Crippen MR) is 256 cm³/mol. The van der Waals surface area contributed by atoms with Crippen molar-refractivity contribution < 1.29 is 28.6 Å². The third-order valence-corrected chi connectivity index (χ3v) is 12.2. The van der Waals surface area contributed by atoms with Gasteiger partial charge in [0.2, 0.25) is 0 Å². The molecule has 0 spiro atoms. The average Bonchev–Trinajstić information content (AvgIpc) is 3.22. The van der Waals surface area contributed by atoms with Crippen LogP contribution in [0, 0.1) is 11.8 Å². The standard InChI is InChI=1S/C54H104O6/c1-6-7-8-9-10-11-12-13-14-15-16-17-18-19-23-29-34-39-44-52(55)58-47-51(60-54(57)46-41-36-31-26-25-28-33-38-43-50(4)5)48-59-53(56)45-40-35-30-24-21-20-22-27-32-37-42-49(2)3/h49-51H,6-48H2,1-5H3/t51-/m1/s1. The van der Waals surface area contributed by atoms with Gasteiger partial charge in [-0.1, -0.05) is 259 Å². The predicted octanol–water partition coefficient (Wildman–Crippen LogP) is 17.3. The van der Waals surface area contributed by atoms with Gasteiger partial charge in [0, 0.05) is 19.3 Å². The van der Waals surface area contributed by atoms with Gasteiger partial charge in [0.15, 0.2) is 6.10 Å². The van der Waals surface area contributed by atoms with Crippen LogP contribution in [0.5, 0.6) is 0 Å². The molecule has 356 valence electrons. The van der Waals surface area contributed by atoms with Gasteiger partial charge in [-0.15, -0.1) is 0 Å². The summed E-state index contributed by atoms with van der Waals surface area (Å²) < 4.78 is 16.8. The lowest BCUT2D eigenvalue weighted by atomic mass is 10.0. The first-order valence-corrected chi connectivity index (χ1v) is 26.7. The normalized spacial score (nSPS) is 12.1. The van der Waals surface area contributed by atoms with Crippen LogP contribution in [0.1, 0.15) is 298 Å². The van der Waals surface area contributed by atoms with Crippen molar-refractivity contribution in [1.29, 1.82) is 0 Å². The first kappa shape index (κ1) is 58.4. The summed E-state index contributed by atoms with van der Waals surface area (Å²) in [6, 6.07) is 0. The second kappa shape index (κ2) is 46.9. The molecule has 0 bridgehead atoms. The van der Waals surface area contributed by atoms with Crippen molar-refractivity contribution in [1.82, 2.24) is 0 Å². The number of carbonyl (C=O) groups excluding carboxylic acids is 3. The van der Waals surface area contributed by atoms with Gasteiger partial charge in [0.1, 0.15) is 13.2 Å². The molecule has 1 atom stereocenters. The van der Waals surface area contributed by atoms with E-state index in [0.717, 1.165) is 69.6 Å². The van der Waals surface area contributed by atoms with Crippen molar-refractivity contribution in [3.05, 3.63) is 0 Å². The van der Waals surface area contributed by atoms with Crippen molar-refractivity contribution >= 4 is 17.9 Å². The van der Waals surface area contributed by atoms with E-state index < -0.39 is 6.10 Å². The lowest BCUT2D eigenvalue weighted by molar-refractivity contribution is -0.167. The zero-order chi connectivity index (χ0) is 44.0. The highest BCUT2D eigenvalue weighted by Gasteiger charge is 2.19. The van der Waals surface area contributed by atoms with Crippen LogP contribution in [0.2, 0.25) is 0 Å². The Kier molecular flexibility index (Phi) is 45.7. The van der Waals surface area contributed by atoms with Gasteiger partial charge in [0.25, 0.3) is 0 Å². The number of ether oxygens (including phenoxy) is 3. The molecular formula is C54H104O6. The second-order valence-electron chi connectivity index (χ2n) is 19.5. The maximum Gasteiger partial charge on any atom is 0.306 e. The number of unbranched alkanes of at least 4 members (excludes halogenated alkanes) is 33. The summed E-state index contributed by atoms with van der Waals surface area (Å²) in [7, 11) is 0. The van der Waals surface area contributed by atoms with Crippen LogP contribution in [0.25, 0.3) is 0 Å². The molecule has 0 N–H and O–H groups in total. The van der Waals surface area contributed by atoms with E-state index in [-0.39, 0.29) is 31.1 Å². The summed E-state index contributed by atoms with van der Waals surface area (Å²) in [6.45, 7) is 11.3. The monoisotopic (exact) mass is 849 g/mol. The molecule has 0 unspecified atom stereocenters. The zero-order valence-electron chi connectivity index (χ0n) is 41.1. The van der Waals surface area contributed by atoms with Crippen LogP contribution in [-0.2, 0) is 28.6 Å². The molecule has 0 aromatic heterocycles. The van der Waals surface area contributed by atoms with Crippen molar-refractivity contribution in [3.8, 4) is 0 Å². The van der Waals surface area contributed by atoms with E-state index in [2.05, 4.69) is 34.6 Å². The molecular weight excluding hydrogens is 745 g/mol. The molecule has 0 aliphatic carbocycles. The SMILES string of the molecule is CCCCCCCCCCCCCCCCCCCCC(=O)OC[C@H](COC(=O)CCCCCCCCCCCCC(C)C)OC(=O)CCCCCCCCCCC(C)C. The summed E-state index contributed by atoms with van der Waals surface area (Å²) in [5.74, 6) is 0.763. The molecule has 60 heavy (non-hydrogen) atoms. The second-order valence-corrected chi connectivity index (χ2v) is 19.5. The molecule has 0 heterocycles. The largest absolute Gasteiger partial charge is 0.462 e. The fourth-order valence-corrected chi connectivity index (χ4v) is 8.17. The Balaban J connectivity index is 4.26. The van der Waals surface area contributed by atoms with Crippen molar-refractivity contribution in [2.45, 2.75) is 304 Å². The Morgan fingerprint density at radius 3 is 0.817 bits per heavy atom. The molecule has 0 aliphatic heterocycles. The first-order valence-electron chi connectivity index (χ1n) is 26.7. The average molecular weight is 849 g/mol. The number of esters is 3. The van der Waals surface area contributed by atoms with Gasteiger partial charge in [-0.2, -0.15) is 0 Å².